The highest BCUT2D eigenvalue weighted by Crippen LogP contribution is 2.16. The first-order chi connectivity index (χ1) is 13.2. The minimum atomic E-state index is -0.553. The number of anilines is 1. The summed E-state index contributed by atoms with van der Waals surface area (Å²) >= 11 is 0. The van der Waals surface area contributed by atoms with Crippen LogP contribution < -0.4 is 5.32 Å². The zero-order chi connectivity index (χ0) is 20.3. The third kappa shape index (κ3) is 4.65. The van der Waals surface area contributed by atoms with Gasteiger partial charge in [0.1, 0.15) is 5.60 Å². The summed E-state index contributed by atoms with van der Waals surface area (Å²) in [5.74, 6) is 0.218. The molecule has 0 unspecified atom stereocenters. The molecular formula is C22H23N3O3. The molecule has 0 fully saturated rings. The zero-order valence-corrected chi connectivity index (χ0v) is 16.4. The summed E-state index contributed by atoms with van der Waals surface area (Å²) in [6, 6.07) is 14.8. The van der Waals surface area contributed by atoms with Crippen molar-refractivity contribution < 1.29 is 14.3 Å². The smallest absolute Gasteiger partial charge is 0.412 e. The minimum Gasteiger partial charge on any atom is -0.444 e. The second-order valence-corrected chi connectivity index (χ2v) is 7.43. The van der Waals surface area contributed by atoms with E-state index in [-0.39, 0.29) is 5.78 Å². The molecule has 6 heteroatoms. The van der Waals surface area contributed by atoms with E-state index in [1.807, 2.05) is 64.2 Å². The molecule has 0 radical (unpaired) electrons. The number of hydrogen-bond donors (Lipinski definition) is 1. The number of amides is 1. The Hall–Kier alpha value is -3.41. The maximum atomic E-state index is 12.5. The Kier molecular flexibility index (Phi) is 5.31. The lowest BCUT2D eigenvalue weighted by Gasteiger charge is -2.19. The number of aryl methyl sites for hydroxylation is 1. The molecule has 0 aliphatic heterocycles. The van der Waals surface area contributed by atoms with E-state index < -0.39 is 11.7 Å². The molecule has 0 bridgehead atoms. The SMILES string of the molecule is Cn1c(C(=O)/C=C/c2ccc(NC(=O)OC(C)(C)C)cc2)nc2ccccc21. The molecule has 0 atom stereocenters. The molecule has 0 aliphatic carbocycles. The Labute approximate surface area is 163 Å². The normalized spacial score (nSPS) is 11.7. The molecule has 6 nitrogen and oxygen atoms in total. The van der Waals surface area contributed by atoms with Crippen molar-refractivity contribution in [2.75, 3.05) is 5.32 Å². The number of rotatable bonds is 4. The second kappa shape index (κ2) is 7.68. The number of para-hydroxylation sites is 2. The van der Waals surface area contributed by atoms with Crippen LogP contribution in [0.3, 0.4) is 0 Å². The Morgan fingerprint density at radius 2 is 1.75 bits per heavy atom. The highest BCUT2D eigenvalue weighted by Gasteiger charge is 2.16. The average molecular weight is 377 g/mol. The van der Waals surface area contributed by atoms with Gasteiger partial charge in [0, 0.05) is 12.7 Å². The highest BCUT2D eigenvalue weighted by atomic mass is 16.6. The number of nitrogens with one attached hydrogen (secondary N) is 1. The van der Waals surface area contributed by atoms with Crippen LogP contribution in [0.25, 0.3) is 17.1 Å². The predicted octanol–water partition coefficient (Wildman–Crippen LogP) is 4.82. The molecule has 3 aromatic rings. The van der Waals surface area contributed by atoms with Gasteiger partial charge in [-0.3, -0.25) is 10.1 Å². The van der Waals surface area contributed by atoms with Gasteiger partial charge in [0.05, 0.1) is 11.0 Å². The summed E-state index contributed by atoms with van der Waals surface area (Å²) in [6.45, 7) is 5.42. The second-order valence-electron chi connectivity index (χ2n) is 7.43. The van der Waals surface area contributed by atoms with E-state index >= 15 is 0 Å². The molecular weight excluding hydrogens is 354 g/mol. The van der Waals surface area contributed by atoms with Crippen molar-refractivity contribution in [3.63, 3.8) is 0 Å². The van der Waals surface area contributed by atoms with Gasteiger partial charge in [-0.15, -0.1) is 0 Å². The fraction of sp³-hybridized carbons (Fsp3) is 0.227. The van der Waals surface area contributed by atoms with Gasteiger partial charge in [-0.2, -0.15) is 0 Å². The van der Waals surface area contributed by atoms with E-state index in [9.17, 15) is 9.59 Å². The van der Waals surface area contributed by atoms with Crippen molar-refractivity contribution in [1.29, 1.82) is 0 Å². The van der Waals surface area contributed by atoms with Crippen LogP contribution in [0, 0.1) is 0 Å². The Bertz CT molecular complexity index is 1040. The van der Waals surface area contributed by atoms with Crippen molar-refractivity contribution in [1.82, 2.24) is 9.55 Å². The largest absolute Gasteiger partial charge is 0.444 e. The summed E-state index contributed by atoms with van der Waals surface area (Å²) < 4.78 is 7.01. The Balaban J connectivity index is 1.67. The fourth-order valence-electron chi connectivity index (χ4n) is 2.71. The number of allylic oxidation sites excluding steroid dienone is 1. The van der Waals surface area contributed by atoms with Gasteiger partial charge in [0.15, 0.2) is 5.82 Å². The molecule has 1 aromatic heterocycles. The molecule has 144 valence electrons. The van der Waals surface area contributed by atoms with Crippen LogP contribution in [0.15, 0.2) is 54.6 Å². The number of ether oxygens (including phenoxy) is 1. The van der Waals surface area contributed by atoms with Gasteiger partial charge in [-0.05, 0) is 56.7 Å². The topological polar surface area (TPSA) is 73.2 Å². The maximum Gasteiger partial charge on any atom is 0.412 e. The number of ketones is 1. The van der Waals surface area contributed by atoms with Gasteiger partial charge in [0.25, 0.3) is 0 Å². The first kappa shape index (κ1) is 19.4. The molecule has 2 aromatic carbocycles. The van der Waals surface area contributed by atoms with Crippen molar-refractivity contribution in [3.8, 4) is 0 Å². The van der Waals surface area contributed by atoms with E-state index in [1.165, 1.54) is 6.08 Å². The van der Waals surface area contributed by atoms with Gasteiger partial charge >= 0.3 is 6.09 Å². The lowest BCUT2D eigenvalue weighted by Crippen LogP contribution is -2.27. The van der Waals surface area contributed by atoms with Gasteiger partial charge < -0.3 is 9.30 Å². The summed E-state index contributed by atoms with van der Waals surface area (Å²) in [5.41, 5.74) is 2.61. The number of aromatic nitrogens is 2. The molecule has 1 heterocycles. The first-order valence-corrected chi connectivity index (χ1v) is 8.97. The number of hydrogen-bond acceptors (Lipinski definition) is 4. The van der Waals surface area contributed by atoms with Gasteiger partial charge in [0.2, 0.25) is 5.78 Å². The van der Waals surface area contributed by atoms with E-state index in [0.29, 0.717) is 11.5 Å². The van der Waals surface area contributed by atoms with E-state index in [4.69, 9.17) is 4.74 Å². The van der Waals surface area contributed by atoms with Crippen LogP contribution in [0.5, 0.6) is 0 Å². The van der Waals surface area contributed by atoms with Gasteiger partial charge in [-0.1, -0.05) is 30.3 Å². The predicted molar refractivity (Wildman–Crippen MR) is 110 cm³/mol. The van der Waals surface area contributed by atoms with Crippen LogP contribution in [0.2, 0.25) is 0 Å². The van der Waals surface area contributed by atoms with Crippen molar-refractivity contribution in [2.24, 2.45) is 7.05 Å². The van der Waals surface area contributed by atoms with Crippen LogP contribution in [0.4, 0.5) is 10.5 Å². The molecule has 1 amide bonds. The van der Waals surface area contributed by atoms with E-state index in [0.717, 1.165) is 16.6 Å². The first-order valence-electron chi connectivity index (χ1n) is 8.97. The molecule has 28 heavy (non-hydrogen) atoms. The minimum absolute atomic E-state index is 0.172. The van der Waals surface area contributed by atoms with E-state index in [1.54, 1.807) is 22.8 Å². The summed E-state index contributed by atoms with van der Waals surface area (Å²) in [7, 11) is 1.83. The maximum absolute atomic E-state index is 12.5. The number of carbonyl (C=O) groups excluding carboxylic acids is 2. The molecule has 3 rings (SSSR count). The number of fused-ring (bicyclic) bond motifs is 1. The van der Waals surface area contributed by atoms with Crippen LogP contribution in [-0.2, 0) is 11.8 Å². The highest BCUT2D eigenvalue weighted by molar-refractivity contribution is 6.06. The Morgan fingerprint density at radius 3 is 2.39 bits per heavy atom. The number of carbonyl (C=O) groups is 2. The third-order valence-corrected chi connectivity index (χ3v) is 3.99. The lowest BCUT2D eigenvalue weighted by molar-refractivity contribution is 0.0635. The van der Waals surface area contributed by atoms with Crippen LogP contribution >= 0.6 is 0 Å². The molecule has 0 spiro atoms. The summed E-state index contributed by atoms with van der Waals surface area (Å²) in [6.07, 6.45) is 2.71. The molecule has 0 saturated carbocycles. The number of imidazole rings is 1. The van der Waals surface area contributed by atoms with Crippen molar-refractivity contribution >= 4 is 34.7 Å². The third-order valence-electron chi connectivity index (χ3n) is 3.99. The zero-order valence-electron chi connectivity index (χ0n) is 16.4. The monoisotopic (exact) mass is 377 g/mol. The number of nitrogens with zero attached hydrogens (tertiary/aromatic N) is 2. The van der Waals surface area contributed by atoms with Crippen molar-refractivity contribution in [3.05, 3.63) is 66.0 Å². The van der Waals surface area contributed by atoms with E-state index in [2.05, 4.69) is 10.3 Å². The quantitative estimate of drug-likeness (QED) is 0.523. The fourth-order valence-corrected chi connectivity index (χ4v) is 2.71. The standard InChI is InChI=1S/C22H23N3O3/c1-22(2,3)28-21(27)23-16-12-9-15(10-13-16)11-14-19(26)20-24-17-7-5-6-8-18(17)25(20)4/h5-14H,1-4H3,(H,23,27)/b14-11+. The van der Waals surface area contributed by atoms with Crippen LogP contribution in [0.1, 0.15) is 37.0 Å². The number of benzene rings is 2. The summed E-state index contributed by atoms with van der Waals surface area (Å²) in [4.78, 5) is 28.7. The molecule has 0 aliphatic rings. The Morgan fingerprint density at radius 1 is 1.07 bits per heavy atom. The average Bonchev–Trinajstić information content (AvgIpc) is 2.96. The molecule has 0 saturated heterocycles. The van der Waals surface area contributed by atoms with Gasteiger partial charge in [-0.25, -0.2) is 9.78 Å². The summed E-state index contributed by atoms with van der Waals surface area (Å²) in [5, 5.41) is 2.67. The van der Waals surface area contributed by atoms with Crippen LogP contribution in [-0.4, -0.2) is 27.0 Å². The lowest BCUT2D eigenvalue weighted by atomic mass is 10.1. The van der Waals surface area contributed by atoms with Crippen molar-refractivity contribution in [2.45, 2.75) is 26.4 Å². The molecule has 1 N–H and O–H groups in total.